The van der Waals surface area contributed by atoms with Gasteiger partial charge in [0.15, 0.2) is 0 Å². The van der Waals surface area contributed by atoms with Crippen LogP contribution >= 0.6 is 15.9 Å². The summed E-state index contributed by atoms with van der Waals surface area (Å²) in [7, 11) is 0. The van der Waals surface area contributed by atoms with E-state index < -0.39 is 5.91 Å². The van der Waals surface area contributed by atoms with Crippen molar-refractivity contribution in [2.24, 2.45) is 5.73 Å². The van der Waals surface area contributed by atoms with Gasteiger partial charge in [0.2, 0.25) is 11.8 Å². The molecular formula is C15H14BrN3O2. The molecule has 0 aliphatic heterocycles. The first kappa shape index (κ1) is 15.1. The molecule has 21 heavy (non-hydrogen) atoms. The van der Waals surface area contributed by atoms with Crippen molar-refractivity contribution in [2.75, 3.05) is 17.2 Å². The standard InChI is InChI=1S/C15H14BrN3O2/c16-11-4-6-12(7-5-11)18-9-14(20)19-13-3-1-2-10(8-13)15(17)21/h1-8,18H,9H2,(H2,17,21)(H,19,20). The summed E-state index contributed by atoms with van der Waals surface area (Å²) in [4.78, 5) is 22.9. The van der Waals surface area contributed by atoms with Crippen molar-refractivity contribution in [3.05, 3.63) is 58.6 Å². The molecule has 0 heterocycles. The van der Waals surface area contributed by atoms with Gasteiger partial charge in [0, 0.05) is 21.4 Å². The summed E-state index contributed by atoms with van der Waals surface area (Å²) in [5.74, 6) is -0.737. The minimum atomic E-state index is -0.529. The summed E-state index contributed by atoms with van der Waals surface area (Å²) in [6.45, 7) is 0.127. The topological polar surface area (TPSA) is 84.2 Å². The Morgan fingerprint density at radius 2 is 1.76 bits per heavy atom. The normalized spacial score (nSPS) is 9.95. The lowest BCUT2D eigenvalue weighted by atomic mass is 10.2. The van der Waals surface area contributed by atoms with E-state index in [-0.39, 0.29) is 12.5 Å². The van der Waals surface area contributed by atoms with Gasteiger partial charge in [0.05, 0.1) is 6.54 Å². The van der Waals surface area contributed by atoms with Crippen molar-refractivity contribution in [2.45, 2.75) is 0 Å². The minimum Gasteiger partial charge on any atom is -0.376 e. The molecule has 0 aliphatic carbocycles. The van der Waals surface area contributed by atoms with Crippen LogP contribution in [0.1, 0.15) is 10.4 Å². The van der Waals surface area contributed by atoms with Crippen LogP contribution in [0.4, 0.5) is 11.4 Å². The second-order valence-electron chi connectivity index (χ2n) is 4.35. The van der Waals surface area contributed by atoms with Gasteiger partial charge in [0.1, 0.15) is 0 Å². The van der Waals surface area contributed by atoms with Gasteiger partial charge in [0.25, 0.3) is 0 Å². The maximum absolute atomic E-state index is 11.8. The van der Waals surface area contributed by atoms with Crippen LogP contribution in [0, 0.1) is 0 Å². The Morgan fingerprint density at radius 3 is 2.43 bits per heavy atom. The number of primary amides is 1. The first-order chi connectivity index (χ1) is 10.0. The molecule has 5 nitrogen and oxygen atoms in total. The molecule has 0 fully saturated rings. The Hall–Kier alpha value is -2.34. The summed E-state index contributed by atoms with van der Waals surface area (Å²) in [6.07, 6.45) is 0. The molecule has 6 heteroatoms. The predicted molar refractivity (Wildman–Crippen MR) is 86.2 cm³/mol. The van der Waals surface area contributed by atoms with Crippen LogP contribution in [-0.4, -0.2) is 18.4 Å². The highest BCUT2D eigenvalue weighted by atomic mass is 79.9. The van der Waals surface area contributed by atoms with Gasteiger partial charge in [-0.25, -0.2) is 0 Å². The summed E-state index contributed by atoms with van der Waals surface area (Å²) in [5.41, 5.74) is 6.93. The molecule has 0 aliphatic rings. The lowest BCUT2D eigenvalue weighted by molar-refractivity contribution is -0.114. The molecule has 0 saturated heterocycles. The third kappa shape index (κ3) is 4.61. The summed E-state index contributed by atoms with van der Waals surface area (Å²) in [6, 6.07) is 14.0. The van der Waals surface area contributed by atoms with Gasteiger partial charge in [-0.15, -0.1) is 0 Å². The monoisotopic (exact) mass is 347 g/mol. The molecule has 4 N–H and O–H groups in total. The van der Waals surface area contributed by atoms with Crippen molar-refractivity contribution in [3.8, 4) is 0 Å². The fourth-order valence-electron chi connectivity index (χ4n) is 1.71. The van der Waals surface area contributed by atoms with Crippen LogP contribution in [0.3, 0.4) is 0 Å². The Bertz CT molecular complexity index is 656. The molecule has 0 radical (unpaired) electrons. The number of anilines is 2. The number of halogens is 1. The Kier molecular flexibility index (Phi) is 4.94. The Balaban J connectivity index is 1.91. The Morgan fingerprint density at radius 1 is 1.05 bits per heavy atom. The average molecular weight is 348 g/mol. The summed E-state index contributed by atoms with van der Waals surface area (Å²) in [5, 5.41) is 5.71. The molecule has 0 saturated carbocycles. The van der Waals surface area contributed by atoms with Gasteiger partial charge in [-0.05, 0) is 42.5 Å². The van der Waals surface area contributed by atoms with Crippen LogP contribution in [0.2, 0.25) is 0 Å². The van der Waals surface area contributed by atoms with E-state index in [1.165, 1.54) is 0 Å². The van der Waals surface area contributed by atoms with Crippen molar-refractivity contribution >= 4 is 39.1 Å². The first-order valence-electron chi connectivity index (χ1n) is 6.24. The second kappa shape index (κ2) is 6.90. The van der Waals surface area contributed by atoms with Crippen molar-refractivity contribution in [3.63, 3.8) is 0 Å². The van der Waals surface area contributed by atoms with Crippen LogP contribution in [0.5, 0.6) is 0 Å². The van der Waals surface area contributed by atoms with Gasteiger partial charge in [-0.2, -0.15) is 0 Å². The molecule has 0 atom stereocenters. The number of amides is 2. The maximum Gasteiger partial charge on any atom is 0.248 e. The van der Waals surface area contributed by atoms with E-state index in [2.05, 4.69) is 26.6 Å². The van der Waals surface area contributed by atoms with Gasteiger partial charge in [-0.3, -0.25) is 9.59 Å². The minimum absolute atomic E-state index is 0.127. The zero-order valence-electron chi connectivity index (χ0n) is 11.1. The molecule has 2 aromatic rings. The highest BCUT2D eigenvalue weighted by Crippen LogP contribution is 2.14. The van der Waals surface area contributed by atoms with Gasteiger partial charge >= 0.3 is 0 Å². The number of hydrogen-bond acceptors (Lipinski definition) is 3. The predicted octanol–water partition coefficient (Wildman–Crippen LogP) is 2.60. The van der Waals surface area contributed by atoms with E-state index in [4.69, 9.17) is 5.73 Å². The van der Waals surface area contributed by atoms with Crippen LogP contribution in [0.25, 0.3) is 0 Å². The molecular weight excluding hydrogens is 334 g/mol. The van der Waals surface area contributed by atoms with Crippen LogP contribution < -0.4 is 16.4 Å². The van der Waals surface area contributed by atoms with E-state index >= 15 is 0 Å². The van der Waals surface area contributed by atoms with E-state index in [0.717, 1.165) is 10.2 Å². The highest BCUT2D eigenvalue weighted by molar-refractivity contribution is 9.10. The van der Waals surface area contributed by atoms with Crippen LogP contribution in [0.15, 0.2) is 53.0 Å². The molecule has 2 amide bonds. The average Bonchev–Trinajstić information content (AvgIpc) is 2.47. The SMILES string of the molecule is NC(=O)c1cccc(NC(=O)CNc2ccc(Br)cc2)c1. The fourth-order valence-corrected chi connectivity index (χ4v) is 1.97. The fraction of sp³-hybridized carbons (Fsp3) is 0.0667. The molecule has 0 aromatic heterocycles. The number of nitrogens with one attached hydrogen (secondary N) is 2. The summed E-state index contributed by atoms with van der Waals surface area (Å²) >= 11 is 3.34. The molecule has 2 aromatic carbocycles. The van der Waals surface area contributed by atoms with E-state index in [1.807, 2.05) is 24.3 Å². The number of carbonyl (C=O) groups excluding carboxylic acids is 2. The van der Waals surface area contributed by atoms with Crippen molar-refractivity contribution in [1.82, 2.24) is 0 Å². The Labute approximate surface area is 130 Å². The summed E-state index contributed by atoms with van der Waals surface area (Å²) < 4.78 is 0.973. The molecule has 0 bridgehead atoms. The number of benzene rings is 2. The largest absolute Gasteiger partial charge is 0.376 e. The zero-order chi connectivity index (χ0) is 15.2. The van der Waals surface area contributed by atoms with E-state index in [1.54, 1.807) is 24.3 Å². The number of carbonyl (C=O) groups is 2. The molecule has 0 unspecified atom stereocenters. The molecule has 2 rings (SSSR count). The lowest BCUT2D eigenvalue weighted by Crippen LogP contribution is -2.22. The maximum atomic E-state index is 11.8. The smallest absolute Gasteiger partial charge is 0.248 e. The third-order valence-corrected chi connectivity index (χ3v) is 3.26. The lowest BCUT2D eigenvalue weighted by Gasteiger charge is -2.08. The second-order valence-corrected chi connectivity index (χ2v) is 5.27. The van der Waals surface area contributed by atoms with Crippen molar-refractivity contribution in [1.29, 1.82) is 0 Å². The van der Waals surface area contributed by atoms with Crippen molar-refractivity contribution < 1.29 is 9.59 Å². The number of rotatable bonds is 5. The number of hydrogen-bond donors (Lipinski definition) is 3. The quantitative estimate of drug-likeness (QED) is 0.777. The zero-order valence-corrected chi connectivity index (χ0v) is 12.7. The molecule has 0 spiro atoms. The van der Waals surface area contributed by atoms with Gasteiger partial charge < -0.3 is 16.4 Å². The van der Waals surface area contributed by atoms with Crippen LogP contribution in [-0.2, 0) is 4.79 Å². The molecule has 108 valence electrons. The van der Waals surface area contributed by atoms with E-state index in [9.17, 15) is 9.59 Å². The number of nitrogens with two attached hydrogens (primary N) is 1. The highest BCUT2D eigenvalue weighted by Gasteiger charge is 2.05. The third-order valence-electron chi connectivity index (χ3n) is 2.73. The van der Waals surface area contributed by atoms with E-state index in [0.29, 0.717) is 11.3 Å². The first-order valence-corrected chi connectivity index (χ1v) is 7.03. The van der Waals surface area contributed by atoms with Gasteiger partial charge in [-0.1, -0.05) is 22.0 Å².